The van der Waals surface area contributed by atoms with E-state index in [0.717, 1.165) is 29.5 Å². The number of amides is 2. The molecule has 1 aliphatic rings. The summed E-state index contributed by atoms with van der Waals surface area (Å²) in [6.45, 7) is 2.95. The number of anilines is 1. The first-order valence-electron chi connectivity index (χ1n) is 13.5. The number of piperidine rings is 1. The van der Waals surface area contributed by atoms with Crippen molar-refractivity contribution < 1.29 is 9.59 Å². The molecule has 0 aliphatic carbocycles. The summed E-state index contributed by atoms with van der Waals surface area (Å²) in [5.74, 6) is -0.274. The summed E-state index contributed by atoms with van der Waals surface area (Å²) in [5.41, 5.74) is 4.72. The molecule has 2 amide bonds. The van der Waals surface area contributed by atoms with Gasteiger partial charge in [0.2, 0.25) is 0 Å². The summed E-state index contributed by atoms with van der Waals surface area (Å²) in [4.78, 5) is 49.6. The molecule has 1 fully saturated rings. The van der Waals surface area contributed by atoms with Gasteiger partial charge in [-0.25, -0.2) is 4.98 Å². The van der Waals surface area contributed by atoms with Crippen molar-refractivity contribution in [2.24, 2.45) is 7.05 Å². The number of fused-ring (bicyclic) bond motifs is 2. The van der Waals surface area contributed by atoms with E-state index in [2.05, 4.69) is 15.3 Å². The van der Waals surface area contributed by atoms with Crippen molar-refractivity contribution in [3.8, 4) is 0 Å². The number of likely N-dealkylation sites (tertiary alicyclic amines) is 1. The zero-order valence-electron chi connectivity index (χ0n) is 22.7. The van der Waals surface area contributed by atoms with Gasteiger partial charge in [-0.15, -0.1) is 0 Å². The summed E-state index contributed by atoms with van der Waals surface area (Å²) >= 11 is 6.31. The van der Waals surface area contributed by atoms with E-state index in [-0.39, 0.29) is 29.0 Å². The van der Waals surface area contributed by atoms with Gasteiger partial charge in [-0.3, -0.25) is 19.4 Å². The summed E-state index contributed by atoms with van der Waals surface area (Å²) < 4.78 is 1.48. The highest BCUT2D eigenvalue weighted by molar-refractivity contribution is 6.35. The van der Waals surface area contributed by atoms with Gasteiger partial charge in [-0.05, 0) is 73.7 Å². The average Bonchev–Trinajstić information content (AvgIpc) is 2.98. The molecule has 0 spiro atoms. The zero-order valence-corrected chi connectivity index (χ0v) is 23.5. The fourth-order valence-corrected chi connectivity index (χ4v) is 5.79. The third-order valence-electron chi connectivity index (χ3n) is 7.76. The molecule has 2 aromatic heterocycles. The van der Waals surface area contributed by atoms with E-state index in [1.807, 2.05) is 55.5 Å². The molecule has 1 aliphatic heterocycles. The molecule has 1 N–H and O–H groups in total. The monoisotopic (exact) mass is 565 g/mol. The van der Waals surface area contributed by atoms with Crippen LogP contribution in [0.15, 0.2) is 77.6 Å². The zero-order chi connectivity index (χ0) is 28.7. The Morgan fingerprint density at radius 1 is 0.927 bits per heavy atom. The molecule has 0 bridgehead atoms. The van der Waals surface area contributed by atoms with E-state index in [1.165, 1.54) is 4.57 Å². The number of halogens is 1. The van der Waals surface area contributed by atoms with Crippen molar-refractivity contribution >= 4 is 51.0 Å². The van der Waals surface area contributed by atoms with Crippen LogP contribution in [0.25, 0.3) is 21.9 Å². The van der Waals surface area contributed by atoms with Crippen LogP contribution in [0.5, 0.6) is 0 Å². The molecule has 0 radical (unpaired) electrons. The number of aryl methyl sites for hydroxylation is 2. The van der Waals surface area contributed by atoms with Gasteiger partial charge in [-0.2, -0.15) is 0 Å². The highest BCUT2D eigenvalue weighted by Gasteiger charge is 2.27. The molecule has 0 atom stereocenters. The number of carbonyl (C=O) groups excluding carboxylic acids is 2. The molecule has 0 saturated carbocycles. The predicted octanol–water partition coefficient (Wildman–Crippen LogP) is 5.72. The molecule has 1 saturated heterocycles. The van der Waals surface area contributed by atoms with Gasteiger partial charge in [0.1, 0.15) is 0 Å². The van der Waals surface area contributed by atoms with Crippen molar-refractivity contribution in [3.05, 3.63) is 111 Å². The third-order valence-corrected chi connectivity index (χ3v) is 8.07. The fourth-order valence-electron chi connectivity index (χ4n) is 5.48. The molecule has 41 heavy (non-hydrogen) atoms. The second-order valence-corrected chi connectivity index (χ2v) is 10.8. The quantitative estimate of drug-likeness (QED) is 0.301. The maximum Gasteiger partial charge on any atom is 0.282 e. The molecule has 206 valence electrons. The van der Waals surface area contributed by atoms with Crippen molar-refractivity contribution in [2.75, 3.05) is 18.4 Å². The second kappa shape index (κ2) is 10.8. The van der Waals surface area contributed by atoms with Crippen molar-refractivity contribution in [1.82, 2.24) is 19.4 Å². The Morgan fingerprint density at radius 3 is 2.41 bits per heavy atom. The SMILES string of the molecule is Cc1cc(Cl)c2ccc(C(=O)Nc3ccc(C4CCN(C(=O)c5nc6ccccc6n(C)c5=O)CC4)cc3)cc2n1. The first-order valence-corrected chi connectivity index (χ1v) is 13.9. The molecule has 9 heteroatoms. The minimum absolute atomic E-state index is 0.0369. The van der Waals surface area contributed by atoms with E-state index in [1.54, 1.807) is 36.2 Å². The molecule has 3 heterocycles. The lowest BCUT2D eigenvalue weighted by Crippen LogP contribution is -2.41. The standard InChI is InChI=1S/C32H28ClN5O3/c1-19-17-25(33)24-12-9-22(18-27(24)34-19)30(39)35-23-10-7-20(8-11-23)21-13-15-38(16-14-21)32(41)29-31(40)37(2)28-6-4-3-5-26(28)36-29/h3-12,17-18,21H,13-16H2,1-2H3,(H,35,39). The number of pyridine rings is 1. The molecule has 6 rings (SSSR count). The summed E-state index contributed by atoms with van der Waals surface area (Å²) in [6, 6.07) is 22.2. The van der Waals surface area contributed by atoms with E-state index < -0.39 is 0 Å². The van der Waals surface area contributed by atoms with Gasteiger partial charge in [0.05, 0.1) is 21.6 Å². The topological polar surface area (TPSA) is 97.2 Å². The molecular weight excluding hydrogens is 538 g/mol. The summed E-state index contributed by atoms with van der Waals surface area (Å²) in [7, 11) is 1.66. The normalized spacial score (nSPS) is 14.0. The van der Waals surface area contributed by atoms with Crippen LogP contribution in [0.1, 0.15) is 50.9 Å². The van der Waals surface area contributed by atoms with Gasteiger partial charge >= 0.3 is 0 Å². The largest absolute Gasteiger partial charge is 0.337 e. The third kappa shape index (κ3) is 5.18. The van der Waals surface area contributed by atoms with Gasteiger partial charge in [-0.1, -0.05) is 41.9 Å². The van der Waals surface area contributed by atoms with Crippen LogP contribution in [0, 0.1) is 6.92 Å². The van der Waals surface area contributed by atoms with Crippen LogP contribution in [0.4, 0.5) is 5.69 Å². The number of hydrogen-bond donors (Lipinski definition) is 1. The van der Waals surface area contributed by atoms with Crippen LogP contribution >= 0.6 is 11.6 Å². The highest BCUT2D eigenvalue weighted by Crippen LogP contribution is 2.30. The maximum atomic E-state index is 13.2. The molecule has 3 aromatic carbocycles. The number of carbonyl (C=O) groups is 2. The number of nitrogens with zero attached hydrogens (tertiary/aromatic N) is 4. The number of aromatic nitrogens is 3. The van der Waals surface area contributed by atoms with Crippen molar-refractivity contribution in [1.29, 1.82) is 0 Å². The maximum absolute atomic E-state index is 13.2. The van der Waals surface area contributed by atoms with Crippen LogP contribution < -0.4 is 10.9 Å². The Bertz CT molecular complexity index is 1880. The lowest BCUT2D eigenvalue weighted by molar-refractivity contribution is 0.0704. The summed E-state index contributed by atoms with van der Waals surface area (Å²) in [5, 5.41) is 4.37. The lowest BCUT2D eigenvalue weighted by Gasteiger charge is -2.32. The number of rotatable bonds is 4. The van der Waals surface area contributed by atoms with Crippen molar-refractivity contribution in [2.45, 2.75) is 25.7 Å². The predicted molar refractivity (Wildman–Crippen MR) is 161 cm³/mol. The number of para-hydroxylation sites is 2. The number of hydrogen-bond acceptors (Lipinski definition) is 5. The Hall–Kier alpha value is -4.56. The minimum Gasteiger partial charge on any atom is -0.337 e. The first kappa shape index (κ1) is 26.7. The van der Waals surface area contributed by atoms with Crippen LogP contribution in [0.3, 0.4) is 0 Å². The molecule has 0 unspecified atom stereocenters. The van der Waals surface area contributed by atoms with Crippen molar-refractivity contribution in [3.63, 3.8) is 0 Å². The van der Waals surface area contributed by atoms with E-state index in [0.29, 0.717) is 45.9 Å². The number of nitrogens with one attached hydrogen (secondary N) is 1. The fraction of sp³-hybridized carbons (Fsp3) is 0.219. The van der Waals surface area contributed by atoms with E-state index >= 15 is 0 Å². The second-order valence-electron chi connectivity index (χ2n) is 10.4. The van der Waals surface area contributed by atoms with Crippen LogP contribution in [0.2, 0.25) is 5.02 Å². The Kier molecular flexibility index (Phi) is 7.01. The van der Waals surface area contributed by atoms with Crippen LogP contribution in [-0.4, -0.2) is 44.3 Å². The molecular formula is C32H28ClN5O3. The van der Waals surface area contributed by atoms with Gasteiger partial charge in [0.15, 0.2) is 5.69 Å². The smallest absolute Gasteiger partial charge is 0.282 e. The van der Waals surface area contributed by atoms with E-state index in [9.17, 15) is 14.4 Å². The van der Waals surface area contributed by atoms with Gasteiger partial charge in [0.25, 0.3) is 17.4 Å². The number of benzene rings is 3. The minimum atomic E-state index is -0.382. The highest BCUT2D eigenvalue weighted by atomic mass is 35.5. The van der Waals surface area contributed by atoms with Crippen LogP contribution in [-0.2, 0) is 7.05 Å². The first-order chi connectivity index (χ1) is 19.8. The van der Waals surface area contributed by atoms with E-state index in [4.69, 9.17) is 11.6 Å². The van der Waals surface area contributed by atoms with Gasteiger partial charge < -0.3 is 14.8 Å². The Labute approximate surface area is 241 Å². The summed E-state index contributed by atoms with van der Waals surface area (Å²) in [6.07, 6.45) is 1.55. The Morgan fingerprint density at radius 2 is 1.66 bits per heavy atom. The average molecular weight is 566 g/mol. The Balaban J connectivity index is 1.10. The molecule has 5 aromatic rings. The lowest BCUT2D eigenvalue weighted by atomic mass is 9.89. The molecule has 8 nitrogen and oxygen atoms in total. The van der Waals surface area contributed by atoms with Gasteiger partial charge in [0, 0.05) is 42.5 Å².